The van der Waals surface area contributed by atoms with E-state index in [0.29, 0.717) is 13.0 Å². The quantitative estimate of drug-likeness (QED) is 0.811. The third-order valence-corrected chi connectivity index (χ3v) is 3.26. The fraction of sp³-hybridized carbons (Fsp3) is 0.500. The number of carbonyl (C=O) groups excluding carboxylic acids is 1. The number of hydrogen-bond acceptors (Lipinski definition) is 2. The van der Waals surface area contributed by atoms with Crippen molar-refractivity contribution in [3.63, 3.8) is 0 Å². The lowest BCUT2D eigenvalue weighted by molar-refractivity contribution is -0.137. The van der Waals surface area contributed by atoms with Gasteiger partial charge in [-0.05, 0) is 38.0 Å². The summed E-state index contributed by atoms with van der Waals surface area (Å²) in [6.07, 6.45) is 1.43. The maximum atomic E-state index is 12.4. The molecule has 21 heavy (non-hydrogen) atoms. The average molecular weight is 292 g/mol. The van der Waals surface area contributed by atoms with E-state index in [0.717, 1.165) is 17.7 Å². The number of carboxylic acids is 1. The van der Waals surface area contributed by atoms with Crippen LogP contribution in [0, 0.1) is 6.92 Å². The van der Waals surface area contributed by atoms with Gasteiger partial charge in [0.15, 0.2) is 0 Å². The topological polar surface area (TPSA) is 69.6 Å². The van der Waals surface area contributed by atoms with Crippen molar-refractivity contribution >= 4 is 17.7 Å². The fourth-order valence-electron chi connectivity index (χ4n) is 2.28. The highest BCUT2D eigenvalue weighted by atomic mass is 16.4. The fourth-order valence-corrected chi connectivity index (χ4v) is 2.28. The number of benzene rings is 1. The number of aryl methyl sites for hydroxylation is 1. The van der Waals surface area contributed by atoms with Gasteiger partial charge in [-0.2, -0.15) is 0 Å². The number of amides is 2. The molecule has 1 rings (SSSR count). The minimum absolute atomic E-state index is 0.0506. The Hall–Kier alpha value is -2.04. The summed E-state index contributed by atoms with van der Waals surface area (Å²) in [5.41, 5.74) is 1.90. The monoisotopic (exact) mass is 292 g/mol. The minimum Gasteiger partial charge on any atom is -0.481 e. The molecule has 2 N–H and O–H groups in total. The Morgan fingerprint density at radius 2 is 2.05 bits per heavy atom. The van der Waals surface area contributed by atoms with Crippen molar-refractivity contribution in [2.45, 2.75) is 46.1 Å². The van der Waals surface area contributed by atoms with Gasteiger partial charge in [0.1, 0.15) is 0 Å². The third kappa shape index (κ3) is 5.45. The zero-order valence-electron chi connectivity index (χ0n) is 12.9. The number of nitrogens with one attached hydrogen (secondary N) is 1. The van der Waals surface area contributed by atoms with Crippen LogP contribution >= 0.6 is 0 Å². The van der Waals surface area contributed by atoms with Gasteiger partial charge in [0.05, 0.1) is 6.42 Å². The number of aliphatic carboxylic acids is 1. The molecule has 0 aromatic heterocycles. The second kappa shape index (κ2) is 8.29. The van der Waals surface area contributed by atoms with Crippen LogP contribution in [0.1, 0.15) is 38.7 Å². The number of hydrogen-bond donors (Lipinski definition) is 2. The minimum atomic E-state index is -0.896. The molecule has 1 aromatic rings. The molecule has 1 atom stereocenters. The van der Waals surface area contributed by atoms with Crippen molar-refractivity contribution in [1.82, 2.24) is 5.32 Å². The van der Waals surface area contributed by atoms with E-state index in [1.165, 1.54) is 0 Å². The number of nitrogens with zero attached hydrogens (tertiary/aromatic N) is 1. The van der Waals surface area contributed by atoms with Gasteiger partial charge >= 0.3 is 12.0 Å². The maximum absolute atomic E-state index is 12.4. The lowest BCUT2D eigenvalue weighted by Gasteiger charge is -2.25. The van der Waals surface area contributed by atoms with E-state index in [1.54, 1.807) is 4.90 Å². The van der Waals surface area contributed by atoms with Gasteiger partial charge in [-0.3, -0.25) is 9.69 Å². The molecular formula is C16H24N2O3. The van der Waals surface area contributed by atoms with Crippen LogP contribution in [0.5, 0.6) is 0 Å². The third-order valence-electron chi connectivity index (χ3n) is 3.26. The van der Waals surface area contributed by atoms with Crippen molar-refractivity contribution in [3.8, 4) is 0 Å². The Balaban J connectivity index is 2.80. The largest absolute Gasteiger partial charge is 0.481 e. The average Bonchev–Trinajstić information content (AvgIpc) is 2.39. The lowest BCUT2D eigenvalue weighted by Crippen LogP contribution is -2.45. The second-order valence-electron chi connectivity index (χ2n) is 5.12. The summed E-state index contributed by atoms with van der Waals surface area (Å²) in [6, 6.07) is 7.11. The van der Waals surface area contributed by atoms with Crippen LogP contribution in [0.25, 0.3) is 0 Å². The van der Waals surface area contributed by atoms with Crippen molar-refractivity contribution in [2.24, 2.45) is 0 Å². The number of carboxylic acid groups (broad SMARTS) is 1. The molecule has 0 radical (unpaired) electrons. The van der Waals surface area contributed by atoms with E-state index >= 15 is 0 Å². The highest BCUT2D eigenvalue weighted by Gasteiger charge is 2.19. The number of rotatable bonds is 7. The van der Waals surface area contributed by atoms with Gasteiger partial charge < -0.3 is 10.4 Å². The Morgan fingerprint density at radius 1 is 1.33 bits per heavy atom. The zero-order chi connectivity index (χ0) is 15.8. The summed E-state index contributed by atoms with van der Waals surface area (Å²) < 4.78 is 0. The van der Waals surface area contributed by atoms with Crippen LogP contribution in [-0.4, -0.2) is 29.7 Å². The maximum Gasteiger partial charge on any atom is 0.322 e. The van der Waals surface area contributed by atoms with Crippen molar-refractivity contribution in [3.05, 3.63) is 29.8 Å². The number of carbonyl (C=O) groups is 2. The van der Waals surface area contributed by atoms with Crippen LogP contribution in [0.15, 0.2) is 24.3 Å². The molecule has 0 aliphatic carbocycles. The zero-order valence-corrected chi connectivity index (χ0v) is 12.9. The molecule has 5 heteroatoms. The smallest absolute Gasteiger partial charge is 0.322 e. The van der Waals surface area contributed by atoms with E-state index in [9.17, 15) is 9.59 Å². The van der Waals surface area contributed by atoms with Gasteiger partial charge in [-0.25, -0.2) is 4.79 Å². The van der Waals surface area contributed by atoms with Crippen LogP contribution in [0.2, 0.25) is 0 Å². The molecule has 0 heterocycles. The van der Waals surface area contributed by atoms with E-state index in [4.69, 9.17) is 5.11 Å². The normalized spacial score (nSPS) is 11.8. The van der Waals surface area contributed by atoms with Crippen molar-refractivity contribution < 1.29 is 14.7 Å². The summed E-state index contributed by atoms with van der Waals surface area (Å²) in [5, 5.41) is 11.7. The first-order valence-corrected chi connectivity index (χ1v) is 7.34. The van der Waals surface area contributed by atoms with Crippen molar-refractivity contribution in [1.29, 1.82) is 0 Å². The number of urea groups is 1. The molecule has 0 aliphatic heterocycles. The van der Waals surface area contributed by atoms with E-state index in [2.05, 4.69) is 5.32 Å². The van der Waals surface area contributed by atoms with Crippen LogP contribution in [0.4, 0.5) is 10.5 Å². The molecule has 0 aliphatic rings. The number of anilines is 1. The Morgan fingerprint density at radius 3 is 2.57 bits per heavy atom. The molecule has 1 aromatic carbocycles. The second-order valence-corrected chi connectivity index (χ2v) is 5.12. The standard InChI is InChI=1S/C16H24N2O3/c1-4-7-13(11-15(19)20)17-16(21)18(5-2)14-9-6-8-12(3)10-14/h6,8-10,13H,4-5,7,11H2,1-3H3,(H,17,21)(H,19,20). The molecule has 116 valence electrons. The summed E-state index contributed by atoms with van der Waals surface area (Å²) in [4.78, 5) is 24.9. The predicted octanol–water partition coefficient (Wildman–Crippen LogP) is 3.17. The summed E-state index contributed by atoms with van der Waals surface area (Å²) in [6.45, 7) is 6.37. The summed E-state index contributed by atoms with van der Waals surface area (Å²) >= 11 is 0. The molecule has 1 unspecified atom stereocenters. The summed E-state index contributed by atoms with van der Waals surface area (Å²) in [7, 11) is 0. The predicted molar refractivity (Wildman–Crippen MR) is 83.7 cm³/mol. The molecule has 5 nitrogen and oxygen atoms in total. The Kier molecular flexibility index (Phi) is 6.72. The van der Waals surface area contributed by atoms with E-state index in [1.807, 2.05) is 45.0 Å². The SMILES string of the molecule is CCCC(CC(=O)O)NC(=O)N(CC)c1cccc(C)c1. The Bertz CT molecular complexity index is 488. The highest BCUT2D eigenvalue weighted by Crippen LogP contribution is 2.16. The van der Waals surface area contributed by atoms with Crippen molar-refractivity contribution in [2.75, 3.05) is 11.4 Å². The van der Waals surface area contributed by atoms with Gasteiger partial charge in [-0.15, -0.1) is 0 Å². The van der Waals surface area contributed by atoms with E-state index in [-0.39, 0.29) is 18.5 Å². The van der Waals surface area contributed by atoms with Gasteiger partial charge in [-0.1, -0.05) is 25.5 Å². The van der Waals surface area contributed by atoms with Crippen LogP contribution in [-0.2, 0) is 4.79 Å². The summed E-state index contributed by atoms with van der Waals surface area (Å²) in [5.74, 6) is -0.896. The first-order valence-electron chi connectivity index (χ1n) is 7.34. The molecule has 2 amide bonds. The van der Waals surface area contributed by atoms with Crippen LogP contribution < -0.4 is 10.2 Å². The van der Waals surface area contributed by atoms with Gasteiger partial charge in [0, 0.05) is 18.3 Å². The molecule has 0 saturated carbocycles. The van der Waals surface area contributed by atoms with Gasteiger partial charge in [0.2, 0.25) is 0 Å². The highest BCUT2D eigenvalue weighted by molar-refractivity contribution is 5.92. The molecule has 0 spiro atoms. The first-order chi connectivity index (χ1) is 9.97. The molecule has 0 saturated heterocycles. The first kappa shape index (κ1) is 17.0. The lowest BCUT2D eigenvalue weighted by atomic mass is 10.1. The molecule has 0 bridgehead atoms. The Labute approximate surface area is 126 Å². The van der Waals surface area contributed by atoms with E-state index < -0.39 is 5.97 Å². The van der Waals surface area contributed by atoms with Crippen LogP contribution in [0.3, 0.4) is 0 Å². The van der Waals surface area contributed by atoms with Gasteiger partial charge in [0.25, 0.3) is 0 Å². The molecular weight excluding hydrogens is 268 g/mol. The molecule has 0 fully saturated rings.